The number of amides is 1. The summed E-state index contributed by atoms with van der Waals surface area (Å²) in [6.07, 6.45) is 4.11. The smallest absolute Gasteiger partial charge is 0.251 e. The fourth-order valence-electron chi connectivity index (χ4n) is 2.80. The lowest BCUT2D eigenvalue weighted by Crippen LogP contribution is -2.46. The Balaban J connectivity index is 0.00000196. The minimum absolute atomic E-state index is 0. The summed E-state index contributed by atoms with van der Waals surface area (Å²) in [6, 6.07) is 10.00. The number of piperazine rings is 1. The van der Waals surface area contributed by atoms with E-state index < -0.39 is 10.0 Å². The van der Waals surface area contributed by atoms with E-state index in [4.69, 9.17) is 0 Å². The van der Waals surface area contributed by atoms with Crippen LogP contribution >= 0.6 is 24.8 Å². The molecule has 0 atom stereocenters. The molecule has 0 spiro atoms. The summed E-state index contributed by atoms with van der Waals surface area (Å²) in [4.78, 5) is 16.5. The van der Waals surface area contributed by atoms with Crippen LogP contribution in [0.5, 0.6) is 0 Å². The molecule has 2 heterocycles. The first-order valence-corrected chi connectivity index (χ1v) is 9.99. The van der Waals surface area contributed by atoms with Crippen molar-refractivity contribution in [2.75, 3.05) is 32.7 Å². The fourth-order valence-corrected chi connectivity index (χ4v) is 4.29. The number of halogens is 2. The number of aromatic nitrogens is 1. The first-order chi connectivity index (χ1) is 12.6. The van der Waals surface area contributed by atoms with Gasteiger partial charge in [-0.25, -0.2) is 8.42 Å². The van der Waals surface area contributed by atoms with E-state index >= 15 is 0 Å². The molecule has 0 bridgehead atoms. The van der Waals surface area contributed by atoms with E-state index in [0.29, 0.717) is 44.7 Å². The summed E-state index contributed by atoms with van der Waals surface area (Å²) in [5, 5.41) is 5.96. The van der Waals surface area contributed by atoms with Gasteiger partial charge in [0, 0.05) is 50.7 Å². The number of hydrogen-bond donors (Lipinski definition) is 2. The Bertz CT molecular complexity index is 860. The van der Waals surface area contributed by atoms with E-state index in [-0.39, 0.29) is 35.6 Å². The van der Waals surface area contributed by atoms with E-state index in [9.17, 15) is 13.2 Å². The van der Waals surface area contributed by atoms with Crippen LogP contribution in [0, 0.1) is 0 Å². The van der Waals surface area contributed by atoms with Gasteiger partial charge < -0.3 is 10.6 Å². The Hall–Kier alpha value is -1.71. The molecule has 1 aliphatic rings. The molecule has 0 radical (unpaired) electrons. The monoisotopic (exact) mass is 446 g/mol. The third kappa shape index (κ3) is 6.15. The summed E-state index contributed by atoms with van der Waals surface area (Å²) in [7, 11) is -3.58. The molecule has 1 amide bonds. The number of rotatable bonds is 6. The van der Waals surface area contributed by atoms with Gasteiger partial charge in [0.15, 0.2) is 0 Å². The molecular weight excluding hydrogens is 423 g/mol. The lowest BCUT2D eigenvalue weighted by Gasteiger charge is -2.26. The molecule has 1 saturated heterocycles. The van der Waals surface area contributed by atoms with Crippen LogP contribution in [0.25, 0.3) is 0 Å². The lowest BCUT2D eigenvalue weighted by atomic mass is 10.2. The predicted molar refractivity (Wildman–Crippen MR) is 113 cm³/mol. The molecule has 10 heteroatoms. The number of nitrogens with one attached hydrogen (secondary N) is 2. The van der Waals surface area contributed by atoms with Crippen molar-refractivity contribution < 1.29 is 13.2 Å². The number of pyridine rings is 1. The maximum Gasteiger partial charge on any atom is 0.251 e. The molecule has 1 aromatic carbocycles. The first kappa shape index (κ1) is 24.3. The van der Waals surface area contributed by atoms with Gasteiger partial charge in [0.05, 0.1) is 4.90 Å². The number of benzene rings is 1. The van der Waals surface area contributed by atoms with E-state index in [0.717, 1.165) is 5.56 Å². The van der Waals surface area contributed by atoms with Crippen molar-refractivity contribution >= 4 is 40.7 Å². The minimum atomic E-state index is -3.58. The van der Waals surface area contributed by atoms with Crippen molar-refractivity contribution in [3.05, 3.63) is 59.9 Å². The van der Waals surface area contributed by atoms with Crippen molar-refractivity contribution in [3.63, 3.8) is 0 Å². The van der Waals surface area contributed by atoms with Crippen molar-refractivity contribution in [3.8, 4) is 0 Å². The first-order valence-electron chi connectivity index (χ1n) is 8.55. The topological polar surface area (TPSA) is 91.4 Å². The van der Waals surface area contributed by atoms with E-state index in [1.807, 2.05) is 12.1 Å². The molecule has 154 valence electrons. The maximum absolute atomic E-state index is 12.7. The van der Waals surface area contributed by atoms with Gasteiger partial charge in [0.25, 0.3) is 5.91 Å². The summed E-state index contributed by atoms with van der Waals surface area (Å²) < 4.78 is 26.9. The quantitative estimate of drug-likeness (QED) is 0.701. The summed E-state index contributed by atoms with van der Waals surface area (Å²) in [5.74, 6) is -0.281. The molecule has 1 fully saturated rings. The van der Waals surface area contributed by atoms with Crippen molar-refractivity contribution in [1.29, 1.82) is 0 Å². The molecule has 2 N–H and O–H groups in total. The highest BCUT2D eigenvalue weighted by atomic mass is 35.5. The van der Waals surface area contributed by atoms with Crippen molar-refractivity contribution in [2.45, 2.75) is 11.3 Å². The second-order valence-corrected chi connectivity index (χ2v) is 7.98. The Morgan fingerprint density at radius 3 is 2.46 bits per heavy atom. The molecule has 0 saturated carbocycles. The third-order valence-corrected chi connectivity index (χ3v) is 6.15. The number of hydrogen-bond acceptors (Lipinski definition) is 5. The van der Waals surface area contributed by atoms with Crippen LogP contribution in [-0.2, 0) is 16.4 Å². The van der Waals surface area contributed by atoms with Crippen LogP contribution in [0.15, 0.2) is 53.7 Å². The Morgan fingerprint density at radius 1 is 1.11 bits per heavy atom. The Labute approximate surface area is 177 Å². The van der Waals surface area contributed by atoms with Gasteiger partial charge in [0.1, 0.15) is 0 Å². The van der Waals surface area contributed by atoms with Crippen LogP contribution in [0.3, 0.4) is 0 Å². The molecule has 1 aliphatic heterocycles. The Kier molecular flexibility index (Phi) is 9.84. The Morgan fingerprint density at radius 2 is 1.79 bits per heavy atom. The molecule has 0 aliphatic carbocycles. The second-order valence-electron chi connectivity index (χ2n) is 6.04. The third-order valence-electron chi connectivity index (χ3n) is 4.26. The van der Waals surface area contributed by atoms with Crippen molar-refractivity contribution in [1.82, 2.24) is 19.9 Å². The number of carbonyl (C=O) groups is 1. The number of nitrogens with zero attached hydrogens (tertiary/aromatic N) is 2. The predicted octanol–water partition coefficient (Wildman–Crippen LogP) is 1.49. The summed E-state index contributed by atoms with van der Waals surface area (Å²) >= 11 is 0. The lowest BCUT2D eigenvalue weighted by molar-refractivity contribution is 0.0954. The van der Waals surface area contributed by atoms with Crippen LogP contribution in [0.1, 0.15) is 15.9 Å². The zero-order valence-electron chi connectivity index (χ0n) is 15.2. The molecule has 7 nitrogen and oxygen atoms in total. The van der Waals surface area contributed by atoms with E-state index in [2.05, 4.69) is 15.6 Å². The molecule has 1 aromatic heterocycles. The largest absolute Gasteiger partial charge is 0.352 e. The van der Waals surface area contributed by atoms with Gasteiger partial charge in [0.2, 0.25) is 10.0 Å². The average Bonchev–Trinajstić information content (AvgIpc) is 2.69. The molecular formula is C18H24Cl2N4O3S. The van der Waals surface area contributed by atoms with Crippen LogP contribution in [0.4, 0.5) is 0 Å². The van der Waals surface area contributed by atoms with Gasteiger partial charge in [-0.3, -0.25) is 9.78 Å². The fraction of sp³-hybridized carbons (Fsp3) is 0.333. The molecule has 0 unspecified atom stereocenters. The van der Waals surface area contributed by atoms with Crippen molar-refractivity contribution in [2.24, 2.45) is 0 Å². The van der Waals surface area contributed by atoms with Crippen LogP contribution in [-0.4, -0.2) is 56.3 Å². The summed E-state index contributed by atoms with van der Waals surface area (Å²) in [5.41, 5.74) is 1.42. The zero-order valence-corrected chi connectivity index (χ0v) is 17.7. The van der Waals surface area contributed by atoms with Gasteiger partial charge in [-0.05, 0) is 42.3 Å². The van der Waals surface area contributed by atoms with E-state index in [1.54, 1.807) is 24.5 Å². The highest BCUT2D eigenvalue weighted by Crippen LogP contribution is 2.17. The molecule has 3 rings (SSSR count). The maximum atomic E-state index is 12.7. The molecule has 2 aromatic rings. The van der Waals surface area contributed by atoms with Crippen LogP contribution in [0.2, 0.25) is 0 Å². The second kappa shape index (κ2) is 11.3. The molecule has 28 heavy (non-hydrogen) atoms. The number of sulfonamides is 1. The highest BCUT2D eigenvalue weighted by Gasteiger charge is 2.26. The van der Waals surface area contributed by atoms with Gasteiger partial charge in [-0.2, -0.15) is 4.31 Å². The zero-order chi connectivity index (χ0) is 18.4. The number of carbonyl (C=O) groups excluding carboxylic acids is 1. The highest BCUT2D eigenvalue weighted by molar-refractivity contribution is 7.89. The van der Waals surface area contributed by atoms with Gasteiger partial charge in [-0.15, -0.1) is 24.8 Å². The average molecular weight is 447 g/mol. The normalized spacial score (nSPS) is 14.4. The standard InChI is InChI=1S/C18H22N4O3S.2ClH/c23-18(21-9-6-15-4-7-19-8-5-15)16-2-1-3-17(14-16)26(24,25)22-12-10-20-11-13-22;;/h1-5,7-8,14,20H,6,9-13H2,(H,21,23);2*1H. The minimum Gasteiger partial charge on any atom is -0.352 e. The summed E-state index contributed by atoms with van der Waals surface area (Å²) in [6.45, 7) is 2.61. The van der Waals surface area contributed by atoms with E-state index in [1.165, 1.54) is 16.4 Å². The van der Waals surface area contributed by atoms with Crippen LogP contribution < -0.4 is 10.6 Å². The van der Waals surface area contributed by atoms with Gasteiger partial charge in [-0.1, -0.05) is 6.07 Å². The SMILES string of the molecule is Cl.Cl.O=C(NCCc1ccncc1)c1cccc(S(=O)(=O)N2CCNCC2)c1. The van der Waals surface area contributed by atoms with Gasteiger partial charge >= 0.3 is 0 Å².